The maximum atomic E-state index is 12.3. The minimum atomic E-state index is -1.06. The third-order valence-electron chi connectivity index (χ3n) is 11.1. The molecule has 5 heteroatoms. The highest BCUT2D eigenvalue weighted by Crippen LogP contribution is 2.69. The Kier molecular flexibility index (Phi) is 6.60. The lowest BCUT2D eigenvalue weighted by atomic mass is 9.42. The zero-order valence-electron chi connectivity index (χ0n) is 20.9. The molecular formula is C27H48O5. The first-order chi connectivity index (χ1) is 14.8. The highest BCUT2D eigenvalue weighted by molar-refractivity contribution is 5.20. The highest BCUT2D eigenvalue weighted by atomic mass is 16.3. The molecule has 5 nitrogen and oxygen atoms in total. The molecule has 4 fully saturated rings. The van der Waals surface area contributed by atoms with Crippen molar-refractivity contribution < 1.29 is 25.5 Å². The summed E-state index contributed by atoms with van der Waals surface area (Å²) in [5, 5.41) is 55.4. The number of hydrogen-bond acceptors (Lipinski definition) is 5. The Bertz CT molecular complexity index is 683. The van der Waals surface area contributed by atoms with Crippen LogP contribution in [0.4, 0.5) is 0 Å². The van der Waals surface area contributed by atoms with Crippen LogP contribution in [0.1, 0.15) is 92.4 Å². The molecule has 1 unspecified atom stereocenters. The fourth-order valence-corrected chi connectivity index (χ4v) is 9.37. The summed E-state index contributed by atoms with van der Waals surface area (Å²) < 4.78 is 0. The maximum absolute atomic E-state index is 12.3. The molecule has 0 saturated heterocycles. The van der Waals surface area contributed by atoms with E-state index >= 15 is 0 Å². The number of aliphatic hydroxyl groups is 5. The molecule has 4 saturated carbocycles. The predicted octanol–water partition coefficient (Wildman–Crippen LogP) is 3.50. The largest absolute Gasteiger partial charge is 0.393 e. The van der Waals surface area contributed by atoms with E-state index < -0.39 is 17.8 Å². The van der Waals surface area contributed by atoms with Gasteiger partial charge in [0.1, 0.15) is 0 Å². The van der Waals surface area contributed by atoms with Gasteiger partial charge in [0, 0.05) is 12.3 Å². The van der Waals surface area contributed by atoms with Crippen molar-refractivity contribution in [2.45, 2.75) is 122 Å². The summed E-state index contributed by atoms with van der Waals surface area (Å²) in [6, 6.07) is 0. The standard InChI is InChI=1S/C27H48O5/c1-15(2)20(29)7-6-16(3)18-13-21(30)24-26(18,5)11-9-23-25(4)10-8-17(28)12-19(25)22(31)14-27(23,24)32/h15-24,28-32H,6-14H2,1-5H3/t16-,17+,18-,19?,20+,21+,22+,23-,24-,25+,26-,27+/m1/s1. The van der Waals surface area contributed by atoms with Gasteiger partial charge >= 0.3 is 0 Å². The Morgan fingerprint density at radius 3 is 2.19 bits per heavy atom. The molecule has 0 aromatic heterocycles. The second kappa shape index (κ2) is 8.48. The van der Waals surface area contributed by atoms with Crippen molar-refractivity contribution in [3.05, 3.63) is 0 Å². The first-order valence-electron chi connectivity index (χ1n) is 13.3. The lowest BCUT2D eigenvalue weighted by Gasteiger charge is -2.66. The smallest absolute Gasteiger partial charge is 0.0763 e. The third kappa shape index (κ3) is 3.69. The van der Waals surface area contributed by atoms with Gasteiger partial charge in [-0.05, 0) is 91.8 Å². The van der Waals surface area contributed by atoms with Gasteiger partial charge in [0.15, 0.2) is 0 Å². The average Bonchev–Trinajstić information content (AvgIpc) is 2.98. The lowest BCUT2D eigenvalue weighted by Crippen LogP contribution is -2.68. The van der Waals surface area contributed by atoms with Crippen LogP contribution in [0.25, 0.3) is 0 Å². The van der Waals surface area contributed by atoms with Crippen LogP contribution >= 0.6 is 0 Å². The van der Waals surface area contributed by atoms with Crippen LogP contribution in [0.2, 0.25) is 0 Å². The lowest BCUT2D eigenvalue weighted by molar-refractivity contribution is -0.263. The Morgan fingerprint density at radius 2 is 1.53 bits per heavy atom. The number of rotatable bonds is 5. The topological polar surface area (TPSA) is 101 Å². The van der Waals surface area contributed by atoms with Crippen molar-refractivity contribution in [3.8, 4) is 0 Å². The van der Waals surface area contributed by atoms with Crippen LogP contribution in [0.5, 0.6) is 0 Å². The Morgan fingerprint density at radius 1 is 0.875 bits per heavy atom. The van der Waals surface area contributed by atoms with Gasteiger partial charge in [-0.1, -0.05) is 34.6 Å². The van der Waals surface area contributed by atoms with Crippen LogP contribution in [-0.2, 0) is 0 Å². The van der Waals surface area contributed by atoms with Crippen molar-refractivity contribution in [3.63, 3.8) is 0 Å². The molecule has 0 bridgehead atoms. The number of hydrogen-bond donors (Lipinski definition) is 5. The van der Waals surface area contributed by atoms with E-state index in [2.05, 4.69) is 34.6 Å². The summed E-state index contributed by atoms with van der Waals surface area (Å²) in [6.07, 6.45) is 4.97. The van der Waals surface area contributed by atoms with Gasteiger partial charge in [0.2, 0.25) is 0 Å². The molecular weight excluding hydrogens is 404 g/mol. The first kappa shape index (κ1) is 24.9. The molecule has 0 radical (unpaired) electrons. The first-order valence-corrected chi connectivity index (χ1v) is 13.3. The quantitative estimate of drug-likeness (QED) is 0.440. The van der Waals surface area contributed by atoms with E-state index in [0.29, 0.717) is 31.1 Å². The van der Waals surface area contributed by atoms with Gasteiger partial charge in [-0.2, -0.15) is 0 Å². The molecule has 0 aromatic rings. The maximum Gasteiger partial charge on any atom is 0.0763 e. The van der Waals surface area contributed by atoms with E-state index in [4.69, 9.17) is 0 Å². The van der Waals surface area contributed by atoms with Crippen LogP contribution in [-0.4, -0.2) is 55.5 Å². The summed E-state index contributed by atoms with van der Waals surface area (Å²) >= 11 is 0. The molecule has 4 aliphatic carbocycles. The van der Waals surface area contributed by atoms with Crippen molar-refractivity contribution >= 4 is 0 Å². The summed E-state index contributed by atoms with van der Waals surface area (Å²) in [4.78, 5) is 0. The van der Waals surface area contributed by atoms with E-state index in [1.807, 2.05) is 0 Å². The minimum absolute atomic E-state index is 0.0201. The third-order valence-corrected chi connectivity index (χ3v) is 11.1. The average molecular weight is 453 g/mol. The summed E-state index contributed by atoms with van der Waals surface area (Å²) in [7, 11) is 0. The highest BCUT2D eigenvalue weighted by Gasteiger charge is 2.70. The number of fused-ring (bicyclic) bond motifs is 5. The van der Waals surface area contributed by atoms with Crippen molar-refractivity contribution in [2.24, 2.45) is 46.3 Å². The number of aliphatic hydroxyl groups excluding tert-OH is 4. The van der Waals surface area contributed by atoms with Crippen LogP contribution in [0.15, 0.2) is 0 Å². The molecule has 12 atom stereocenters. The molecule has 4 aliphatic rings. The molecule has 0 amide bonds. The van der Waals surface area contributed by atoms with Gasteiger partial charge in [-0.25, -0.2) is 0 Å². The van der Waals surface area contributed by atoms with Crippen LogP contribution < -0.4 is 0 Å². The molecule has 4 rings (SSSR count). The van der Waals surface area contributed by atoms with Crippen molar-refractivity contribution in [1.82, 2.24) is 0 Å². The summed E-state index contributed by atoms with van der Waals surface area (Å²) in [5.74, 6) is 0.780. The second-order valence-electron chi connectivity index (χ2n) is 13.2. The fourth-order valence-electron chi connectivity index (χ4n) is 9.37. The van der Waals surface area contributed by atoms with Crippen molar-refractivity contribution in [1.29, 1.82) is 0 Å². The molecule has 5 N–H and O–H groups in total. The van der Waals surface area contributed by atoms with Crippen molar-refractivity contribution in [2.75, 3.05) is 0 Å². The minimum Gasteiger partial charge on any atom is -0.393 e. The SMILES string of the molecule is CC(C)[C@@H](O)CC[C@@H](C)[C@H]1C[C@H](O)[C@@H]2[C@]1(C)CC[C@H]1[C@@]2(O)C[C@H](O)C2C[C@@H](O)CC[C@@]21C. The fraction of sp³-hybridized carbons (Fsp3) is 1.00. The van der Waals surface area contributed by atoms with Gasteiger partial charge < -0.3 is 25.5 Å². The Hall–Kier alpha value is -0.200. The molecule has 32 heavy (non-hydrogen) atoms. The van der Waals surface area contributed by atoms with Gasteiger partial charge in [-0.15, -0.1) is 0 Å². The van der Waals surface area contributed by atoms with Crippen LogP contribution in [0, 0.1) is 46.3 Å². The Balaban J connectivity index is 1.59. The van der Waals surface area contributed by atoms with E-state index in [1.165, 1.54) is 0 Å². The molecule has 186 valence electrons. The Labute approximate surface area is 194 Å². The van der Waals surface area contributed by atoms with E-state index in [1.54, 1.807) is 0 Å². The normalized spacial score (nSPS) is 52.8. The summed E-state index contributed by atoms with van der Waals surface area (Å²) in [5.41, 5.74) is -1.42. The molecule has 0 aliphatic heterocycles. The van der Waals surface area contributed by atoms with Crippen LogP contribution in [0.3, 0.4) is 0 Å². The molecule has 0 spiro atoms. The summed E-state index contributed by atoms with van der Waals surface area (Å²) in [6.45, 7) is 10.8. The van der Waals surface area contributed by atoms with Gasteiger partial charge in [0.25, 0.3) is 0 Å². The molecule has 0 heterocycles. The monoisotopic (exact) mass is 452 g/mol. The second-order valence-corrected chi connectivity index (χ2v) is 13.2. The zero-order valence-corrected chi connectivity index (χ0v) is 20.9. The van der Waals surface area contributed by atoms with Gasteiger partial charge in [-0.3, -0.25) is 0 Å². The van der Waals surface area contributed by atoms with Gasteiger partial charge in [0.05, 0.1) is 30.0 Å². The van der Waals surface area contributed by atoms with E-state index in [9.17, 15) is 25.5 Å². The van der Waals surface area contributed by atoms with E-state index in [-0.39, 0.29) is 46.7 Å². The molecule has 0 aromatic carbocycles. The van der Waals surface area contributed by atoms with E-state index in [0.717, 1.165) is 38.5 Å². The zero-order chi connectivity index (χ0) is 23.6. The predicted molar refractivity (Wildman–Crippen MR) is 125 cm³/mol.